The number of halogens is 1. The van der Waals surface area contributed by atoms with Crippen molar-refractivity contribution in [3.05, 3.63) is 65.3 Å². The molecule has 0 spiro atoms. The van der Waals surface area contributed by atoms with Gasteiger partial charge in [0.15, 0.2) is 11.5 Å². The molecule has 0 saturated heterocycles. The molecule has 1 aromatic heterocycles. The summed E-state index contributed by atoms with van der Waals surface area (Å²) in [7, 11) is 1.88. The highest BCUT2D eigenvalue weighted by atomic mass is 19.1. The lowest BCUT2D eigenvalue weighted by molar-refractivity contribution is 0.473. The largest absolute Gasteiger partial charge is 0.441 e. The maximum Gasteiger partial charge on any atom is 0.197 e. The van der Waals surface area contributed by atoms with E-state index < -0.39 is 0 Å². The van der Waals surface area contributed by atoms with Crippen LogP contribution in [0.4, 0.5) is 4.39 Å². The van der Waals surface area contributed by atoms with Crippen LogP contribution in [0.15, 0.2) is 46.9 Å². The van der Waals surface area contributed by atoms with Gasteiger partial charge < -0.3 is 9.73 Å². The minimum atomic E-state index is -0.185. The number of nitrogens with zero attached hydrogens (tertiary/aromatic N) is 1. The average Bonchev–Trinajstić information content (AvgIpc) is 2.90. The van der Waals surface area contributed by atoms with Crippen LogP contribution >= 0.6 is 0 Å². The van der Waals surface area contributed by atoms with E-state index in [1.54, 1.807) is 13.0 Å². The van der Waals surface area contributed by atoms with Crippen molar-refractivity contribution in [1.82, 2.24) is 10.3 Å². The zero-order valence-electron chi connectivity index (χ0n) is 12.1. The highest BCUT2D eigenvalue weighted by Gasteiger charge is 2.15. The van der Waals surface area contributed by atoms with Crippen LogP contribution in [0, 0.1) is 12.7 Å². The molecule has 1 atom stereocenters. The van der Waals surface area contributed by atoms with Gasteiger partial charge in [-0.2, -0.15) is 0 Å². The normalized spacial score (nSPS) is 12.7. The molecule has 1 heterocycles. The Hall–Kier alpha value is -2.20. The summed E-state index contributed by atoms with van der Waals surface area (Å²) in [6, 6.07) is 12.9. The van der Waals surface area contributed by atoms with Crippen molar-refractivity contribution in [3.63, 3.8) is 0 Å². The number of rotatable bonds is 4. The van der Waals surface area contributed by atoms with Crippen molar-refractivity contribution in [2.75, 3.05) is 7.05 Å². The van der Waals surface area contributed by atoms with Crippen LogP contribution in [-0.2, 0) is 6.42 Å². The molecule has 0 radical (unpaired) electrons. The Kier molecular flexibility index (Phi) is 3.71. The van der Waals surface area contributed by atoms with E-state index in [0.717, 1.165) is 16.7 Å². The average molecular weight is 284 g/mol. The summed E-state index contributed by atoms with van der Waals surface area (Å²) in [5.74, 6) is 0.494. The van der Waals surface area contributed by atoms with Gasteiger partial charge in [0.1, 0.15) is 11.3 Å². The molecular formula is C17H17FN2O. The van der Waals surface area contributed by atoms with Gasteiger partial charge in [0.2, 0.25) is 0 Å². The molecule has 0 aliphatic rings. The molecule has 1 unspecified atom stereocenters. The van der Waals surface area contributed by atoms with Crippen LogP contribution in [0.5, 0.6) is 0 Å². The number of nitrogens with one attached hydrogen (secondary N) is 1. The second kappa shape index (κ2) is 5.66. The van der Waals surface area contributed by atoms with E-state index in [1.807, 2.05) is 37.4 Å². The van der Waals surface area contributed by atoms with Crippen molar-refractivity contribution in [2.24, 2.45) is 0 Å². The zero-order chi connectivity index (χ0) is 14.8. The maximum atomic E-state index is 13.4. The van der Waals surface area contributed by atoms with Gasteiger partial charge in [0, 0.05) is 12.5 Å². The Balaban J connectivity index is 1.88. The molecule has 0 saturated carbocycles. The summed E-state index contributed by atoms with van der Waals surface area (Å²) in [4.78, 5) is 4.49. The first-order chi connectivity index (χ1) is 10.2. The molecule has 3 nitrogen and oxygen atoms in total. The molecule has 3 rings (SSSR count). The van der Waals surface area contributed by atoms with Crippen LogP contribution < -0.4 is 5.32 Å². The molecule has 2 aromatic carbocycles. The summed E-state index contributed by atoms with van der Waals surface area (Å²) in [5, 5.41) is 3.24. The number of para-hydroxylation sites is 2. The Morgan fingerprint density at radius 2 is 2.05 bits per heavy atom. The highest BCUT2D eigenvalue weighted by molar-refractivity contribution is 5.72. The smallest absolute Gasteiger partial charge is 0.197 e. The second-order valence-corrected chi connectivity index (χ2v) is 5.13. The number of benzene rings is 2. The highest BCUT2D eigenvalue weighted by Crippen LogP contribution is 2.22. The standard InChI is InChI=1S/C17H17FN2O/c1-11-9-12(7-8-13(11)18)15(19-2)10-17-20-14-5-3-4-6-16(14)21-17/h3-9,15,19H,10H2,1-2H3. The first kappa shape index (κ1) is 13.8. The van der Waals surface area contributed by atoms with Gasteiger partial charge in [-0.1, -0.05) is 24.3 Å². The molecule has 0 amide bonds. The fourth-order valence-corrected chi connectivity index (χ4v) is 2.45. The molecule has 21 heavy (non-hydrogen) atoms. The van der Waals surface area contributed by atoms with Crippen molar-refractivity contribution in [3.8, 4) is 0 Å². The van der Waals surface area contributed by atoms with Crippen LogP contribution in [0.25, 0.3) is 11.1 Å². The predicted octanol–water partition coefficient (Wildman–Crippen LogP) is 3.78. The number of aromatic nitrogens is 1. The number of likely N-dealkylation sites (N-methyl/N-ethyl adjacent to an activating group) is 1. The predicted molar refractivity (Wildman–Crippen MR) is 80.7 cm³/mol. The van der Waals surface area contributed by atoms with Crippen molar-refractivity contribution >= 4 is 11.1 Å². The lowest BCUT2D eigenvalue weighted by Crippen LogP contribution is -2.19. The van der Waals surface area contributed by atoms with Gasteiger partial charge in [-0.25, -0.2) is 9.37 Å². The van der Waals surface area contributed by atoms with Crippen molar-refractivity contribution in [2.45, 2.75) is 19.4 Å². The third-order valence-corrected chi connectivity index (χ3v) is 3.65. The van der Waals surface area contributed by atoms with Gasteiger partial charge >= 0.3 is 0 Å². The fourth-order valence-electron chi connectivity index (χ4n) is 2.45. The fraction of sp³-hybridized carbons (Fsp3) is 0.235. The van der Waals surface area contributed by atoms with Gasteiger partial charge in [0.25, 0.3) is 0 Å². The quantitative estimate of drug-likeness (QED) is 0.792. The summed E-state index contributed by atoms with van der Waals surface area (Å²) in [6.07, 6.45) is 0.621. The lowest BCUT2D eigenvalue weighted by Gasteiger charge is -2.15. The van der Waals surface area contributed by atoms with Gasteiger partial charge in [-0.15, -0.1) is 0 Å². The third-order valence-electron chi connectivity index (χ3n) is 3.65. The van der Waals surface area contributed by atoms with E-state index in [9.17, 15) is 4.39 Å². The van der Waals surface area contributed by atoms with Gasteiger partial charge in [-0.3, -0.25) is 0 Å². The van der Waals surface area contributed by atoms with Gasteiger partial charge in [0.05, 0.1) is 0 Å². The first-order valence-corrected chi connectivity index (χ1v) is 6.95. The van der Waals surface area contributed by atoms with E-state index >= 15 is 0 Å². The summed E-state index contributed by atoms with van der Waals surface area (Å²) in [6.45, 7) is 1.77. The van der Waals surface area contributed by atoms with Crippen LogP contribution in [0.3, 0.4) is 0 Å². The second-order valence-electron chi connectivity index (χ2n) is 5.13. The lowest BCUT2D eigenvalue weighted by atomic mass is 10.0. The number of hydrogen-bond donors (Lipinski definition) is 1. The van der Waals surface area contributed by atoms with E-state index in [1.165, 1.54) is 6.07 Å². The van der Waals surface area contributed by atoms with Crippen molar-refractivity contribution < 1.29 is 8.81 Å². The number of fused-ring (bicyclic) bond motifs is 1. The van der Waals surface area contributed by atoms with E-state index in [2.05, 4.69) is 10.3 Å². The van der Waals surface area contributed by atoms with Crippen LogP contribution in [0.1, 0.15) is 23.1 Å². The molecule has 0 aliphatic heterocycles. The SMILES string of the molecule is CNC(Cc1nc2ccccc2o1)c1ccc(F)c(C)c1. The van der Waals surface area contributed by atoms with E-state index in [-0.39, 0.29) is 11.9 Å². The molecular weight excluding hydrogens is 267 g/mol. The number of aryl methyl sites for hydroxylation is 1. The Bertz CT molecular complexity index is 733. The summed E-state index contributed by atoms with van der Waals surface area (Å²) >= 11 is 0. The monoisotopic (exact) mass is 284 g/mol. The van der Waals surface area contributed by atoms with Crippen molar-refractivity contribution in [1.29, 1.82) is 0 Å². The third kappa shape index (κ3) is 2.81. The molecule has 108 valence electrons. The molecule has 0 bridgehead atoms. The molecule has 0 fully saturated rings. The molecule has 4 heteroatoms. The minimum Gasteiger partial charge on any atom is -0.441 e. The first-order valence-electron chi connectivity index (χ1n) is 6.95. The molecule has 1 N–H and O–H groups in total. The molecule has 0 aliphatic carbocycles. The van der Waals surface area contributed by atoms with E-state index in [0.29, 0.717) is 17.9 Å². The number of hydrogen-bond acceptors (Lipinski definition) is 3. The van der Waals surface area contributed by atoms with Crippen LogP contribution in [-0.4, -0.2) is 12.0 Å². The Morgan fingerprint density at radius 1 is 1.24 bits per heavy atom. The Morgan fingerprint density at radius 3 is 2.76 bits per heavy atom. The van der Waals surface area contributed by atoms with Crippen LogP contribution in [0.2, 0.25) is 0 Å². The zero-order valence-corrected chi connectivity index (χ0v) is 12.1. The topological polar surface area (TPSA) is 38.1 Å². The minimum absolute atomic E-state index is 0.0392. The Labute approximate surface area is 122 Å². The summed E-state index contributed by atoms with van der Waals surface area (Å²) in [5.41, 5.74) is 3.32. The molecule has 3 aromatic rings. The maximum absolute atomic E-state index is 13.4. The van der Waals surface area contributed by atoms with Gasteiger partial charge in [-0.05, 0) is 43.3 Å². The van der Waals surface area contributed by atoms with E-state index in [4.69, 9.17) is 4.42 Å². The number of oxazole rings is 1. The summed E-state index contributed by atoms with van der Waals surface area (Å²) < 4.78 is 19.1.